The third-order valence-electron chi connectivity index (χ3n) is 2.78. The second kappa shape index (κ2) is 6.03. The topological polar surface area (TPSA) is 60.2 Å². The van der Waals surface area contributed by atoms with E-state index in [1.54, 1.807) is 24.3 Å². The van der Waals surface area contributed by atoms with Gasteiger partial charge >= 0.3 is 0 Å². The molecule has 0 bridgehead atoms. The lowest BCUT2D eigenvalue weighted by Crippen LogP contribution is -2.07. The number of benzene rings is 2. The van der Waals surface area contributed by atoms with Crippen molar-refractivity contribution in [3.63, 3.8) is 0 Å². The molecule has 0 aliphatic carbocycles. The van der Waals surface area contributed by atoms with Gasteiger partial charge in [0, 0.05) is 11.0 Å². The van der Waals surface area contributed by atoms with Crippen molar-refractivity contribution >= 4 is 25.8 Å². The summed E-state index contributed by atoms with van der Waals surface area (Å²) >= 11 is 3.21. The summed E-state index contributed by atoms with van der Waals surface area (Å²) in [6.07, 6.45) is 0. The molecule has 0 fully saturated rings. The minimum atomic E-state index is -3.54. The summed E-state index contributed by atoms with van der Waals surface area (Å²) in [5, 5.41) is 0. The fourth-order valence-corrected chi connectivity index (χ4v) is 4.35. The highest BCUT2D eigenvalue weighted by molar-refractivity contribution is 9.10. The van der Waals surface area contributed by atoms with Crippen molar-refractivity contribution in [1.82, 2.24) is 0 Å². The molecule has 2 N–H and O–H groups in total. The Morgan fingerprint density at radius 2 is 1.75 bits per heavy atom. The standard InChI is InChI=1S/C14H13BrFNO2S/c15-13-3-1-2-4-14(13)20(18,19)9-11-5-10(8-17)6-12(16)7-11/h1-7H,8-9,17H2. The summed E-state index contributed by atoms with van der Waals surface area (Å²) in [6, 6.07) is 10.7. The minimum absolute atomic E-state index is 0.167. The first-order valence-electron chi connectivity index (χ1n) is 5.88. The normalized spacial score (nSPS) is 11.6. The van der Waals surface area contributed by atoms with E-state index in [-0.39, 0.29) is 17.2 Å². The van der Waals surface area contributed by atoms with E-state index in [1.165, 1.54) is 18.2 Å². The lowest BCUT2D eigenvalue weighted by atomic mass is 10.1. The number of hydrogen-bond acceptors (Lipinski definition) is 3. The highest BCUT2D eigenvalue weighted by atomic mass is 79.9. The zero-order valence-corrected chi connectivity index (χ0v) is 12.9. The van der Waals surface area contributed by atoms with Crippen LogP contribution in [-0.4, -0.2) is 8.42 Å². The largest absolute Gasteiger partial charge is 0.326 e. The molecular formula is C14H13BrFNO2S. The van der Waals surface area contributed by atoms with Crippen LogP contribution in [0.4, 0.5) is 4.39 Å². The lowest BCUT2D eigenvalue weighted by Gasteiger charge is -2.08. The van der Waals surface area contributed by atoms with Gasteiger partial charge in [0.1, 0.15) is 5.82 Å². The summed E-state index contributed by atoms with van der Waals surface area (Å²) < 4.78 is 38.6. The molecule has 0 aliphatic rings. The van der Waals surface area contributed by atoms with Gasteiger partial charge in [0.15, 0.2) is 9.84 Å². The van der Waals surface area contributed by atoms with Gasteiger partial charge in [-0.05, 0) is 51.3 Å². The van der Waals surface area contributed by atoms with Crippen LogP contribution in [0.5, 0.6) is 0 Å². The van der Waals surface area contributed by atoms with Crippen LogP contribution in [0.1, 0.15) is 11.1 Å². The predicted molar refractivity (Wildman–Crippen MR) is 79.3 cm³/mol. The summed E-state index contributed by atoms with van der Waals surface area (Å²) in [6.45, 7) is 0.167. The molecule has 0 aromatic heterocycles. The van der Waals surface area contributed by atoms with Gasteiger partial charge in [0.05, 0.1) is 10.6 Å². The average molecular weight is 358 g/mol. The van der Waals surface area contributed by atoms with Gasteiger partial charge in [-0.3, -0.25) is 0 Å². The monoisotopic (exact) mass is 357 g/mol. The van der Waals surface area contributed by atoms with Crippen molar-refractivity contribution in [2.75, 3.05) is 0 Å². The van der Waals surface area contributed by atoms with Crippen LogP contribution in [0, 0.1) is 5.82 Å². The van der Waals surface area contributed by atoms with Crippen molar-refractivity contribution < 1.29 is 12.8 Å². The van der Waals surface area contributed by atoms with Gasteiger partial charge in [-0.2, -0.15) is 0 Å². The van der Waals surface area contributed by atoms with E-state index >= 15 is 0 Å². The number of halogens is 2. The molecule has 0 aliphatic heterocycles. The third kappa shape index (κ3) is 3.45. The maximum atomic E-state index is 13.4. The number of hydrogen-bond donors (Lipinski definition) is 1. The molecule has 106 valence electrons. The molecule has 0 radical (unpaired) electrons. The first kappa shape index (κ1) is 15.2. The Morgan fingerprint density at radius 1 is 1.10 bits per heavy atom. The van der Waals surface area contributed by atoms with Crippen LogP contribution in [-0.2, 0) is 22.1 Å². The van der Waals surface area contributed by atoms with Crippen LogP contribution < -0.4 is 5.73 Å². The minimum Gasteiger partial charge on any atom is -0.326 e. The summed E-state index contributed by atoms with van der Waals surface area (Å²) in [4.78, 5) is 0.193. The second-order valence-electron chi connectivity index (χ2n) is 4.36. The molecule has 6 heteroatoms. The second-order valence-corrected chi connectivity index (χ2v) is 7.17. The average Bonchev–Trinajstić information content (AvgIpc) is 2.37. The molecule has 0 saturated carbocycles. The number of sulfone groups is 1. The summed E-state index contributed by atoms with van der Waals surface area (Å²) in [5.41, 5.74) is 6.42. The first-order chi connectivity index (χ1) is 9.42. The fraction of sp³-hybridized carbons (Fsp3) is 0.143. The van der Waals surface area contributed by atoms with Crippen molar-refractivity contribution in [1.29, 1.82) is 0 Å². The molecule has 20 heavy (non-hydrogen) atoms. The zero-order valence-electron chi connectivity index (χ0n) is 10.5. The van der Waals surface area contributed by atoms with Crippen LogP contribution in [0.3, 0.4) is 0 Å². The van der Waals surface area contributed by atoms with Gasteiger partial charge in [-0.1, -0.05) is 18.2 Å². The van der Waals surface area contributed by atoms with Gasteiger partial charge in [0.2, 0.25) is 0 Å². The van der Waals surface area contributed by atoms with Gasteiger partial charge < -0.3 is 5.73 Å². The molecule has 3 nitrogen and oxygen atoms in total. The molecule has 2 rings (SSSR count). The SMILES string of the molecule is NCc1cc(F)cc(CS(=O)(=O)c2ccccc2Br)c1. The molecular weight excluding hydrogens is 345 g/mol. The van der Waals surface area contributed by atoms with E-state index < -0.39 is 15.7 Å². The summed E-state index contributed by atoms with van der Waals surface area (Å²) in [5.74, 6) is -0.745. The lowest BCUT2D eigenvalue weighted by molar-refractivity contribution is 0.594. The third-order valence-corrected chi connectivity index (χ3v) is 5.47. The Kier molecular flexibility index (Phi) is 4.57. The maximum Gasteiger partial charge on any atom is 0.183 e. The Bertz CT molecular complexity index is 732. The van der Waals surface area contributed by atoms with Gasteiger partial charge in [-0.15, -0.1) is 0 Å². The Hall–Kier alpha value is -1.24. The molecule has 2 aromatic carbocycles. The molecule has 0 amide bonds. The summed E-state index contributed by atoms with van der Waals surface area (Å²) in [7, 11) is -3.54. The zero-order chi connectivity index (χ0) is 14.8. The highest BCUT2D eigenvalue weighted by Gasteiger charge is 2.18. The molecule has 0 saturated heterocycles. The maximum absolute atomic E-state index is 13.4. The van der Waals surface area contributed by atoms with Crippen molar-refractivity contribution in [2.24, 2.45) is 5.73 Å². The van der Waals surface area contributed by atoms with Crippen molar-refractivity contribution in [3.8, 4) is 0 Å². The van der Waals surface area contributed by atoms with E-state index in [1.807, 2.05) is 0 Å². The quantitative estimate of drug-likeness (QED) is 0.914. The van der Waals surface area contributed by atoms with Crippen LogP contribution in [0.25, 0.3) is 0 Å². The predicted octanol–water partition coefficient (Wildman–Crippen LogP) is 3.02. The number of nitrogens with two attached hydrogens (primary N) is 1. The highest BCUT2D eigenvalue weighted by Crippen LogP contribution is 2.25. The first-order valence-corrected chi connectivity index (χ1v) is 8.32. The smallest absolute Gasteiger partial charge is 0.183 e. The molecule has 0 atom stereocenters. The van der Waals surface area contributed by atoms with Crippen molar-refractivity contribution in [3.05, 3.63) is 63.9 Å². The van der Waals surface area contributed by atoms with E-state index in [2.05, 4.69) is 15.9 Å². The van der Waals surface area contributed by atoms with E-state index in [4.69, 9.17) is 5.73 Å². The molecule has 0 spiro atoms. The van der Waals surface area contributed by atoms with Gasteiger partial charge in [0.25, 0.3) is 0 Å². The van der Waals surface area contributed by atoms with Crippen molar-refractivity contribution in [2.45, 2.75) is 17.2 Å². The Labute approximate surface area is 125 Å². The van der Waals surface area contributed by atoms with Crippen LogP contribution >= 0.6 is 15.9 Å². The van der Waals surface area contributed by atoms with E-state index in [9.17, 15) is 12.8 Å². The van der Waals surface area contributed by atoms with E-state index in [0.717, 1.165) is 0 Å². The molecule has 2 aromatic rings. The Morgan fingerprint density at radius 3 is 2.40 bits per heavy atom. The van der Waals surface area contributed by atoms with Gasteiger partial charge in [-0.25, -0.2) is 12.8 Å². The number of rotatable bonds is 4. The fourth-order valence-electron chi connectivity index (χ4n) is 1.91. The Balaban J connectivity index is 2.38. The molecule has 0 unspecified atom stereocenters. The van der Waals surface area contributed by atoms with Crippen LogP contribution in [0.15, 0.2) is 51.8 Å². The van der Waals surface area contributed by atoms with Crippen LogP contribution in [0.2, 0.25) is 0 Å². The van der Waals surface area contributed by atoms with E-state index in [0.29, 0.717) is 15.6 Å². The molecule has 0 heterocycles.